The van der Waals surface area contributed by atoms with E-state index in [9.17, 15) is 0 Å². The lowest BCUT2D eigenvalue weighted by molar-refractivity contribution is 0.588. The van der Waals surface area contributed by atoms with Gasteiger partial charge in [0.05, 0.1) is 44.8 Å². The SMILES string of the molecule is CC(C)(C)c1ccc2c(c1)c1cc(C(C)(C)C)cc3c1n2-c1c(N(c2ccccc2)c2ccccc2)cc(N(c2ccccc2)c2ccccc2)c2c1C3c1cc(C(C)(C)C)cc3c4cc(C(C)(C)C)ccc4n-2c13. The number of anilines is 6. The number of nitrogens with zero attached hydrogens (tertiary/aromatic N) is 4. The highest BCUT2D eigenvalue weighted by Crippen LogP contribution is 2.61. The van der Waals surface area contributed by atoms with Gasteiger partial charge in [0, 0.05) is 55.8 Å². The lowest BCUT2D eigenvalue weighted by Gasteiger charge is -2.42. The third-order valence-corrected chi connectivity index (χ3v) is 16.4. The first-order valence-electron chi connectivity index (χ1n) is 27.1. The van der Waals surface area contributed by atoms with E-state index in [1.807, 2.05) is 0 Å². The van der Waals surface area contributed by atoms with E-state index in [1.54, 1.807) is 0 Å². The number of aromatic nitrogens is 2. The summed E-state index contributed by atoms with van der Waals surface area (Å²) in [6, 6.07) is 71.6. The van der Waals surface area contributed by atoms with E-state index < -0.39 is 0 Å². The highest BCUT2D eigenvalue weighted by Gasteiger charge is 2.44. The van der Waals surface area contributed by atoms with Gasteiger partial charge in [-0.15, -0.1) is 0 Å². The smallest absolute Gasteiger partial charge is 0.0767 e. The van der Waals surface area contributed by atoms with Crippen LogP contribution in [0.25, 0.3) is 55.0 Å². The van der Waals surface area contributed by atoms with Crippen LogP contribution in [0.5, 0.6) is 0 Å². The van der Waals surface area contributed by atoms with Crippen LogP contribution in [0.1, 0.15) is 128 Å². The molecule has 0 saturated carbocycles. The van der Waals surface area contributed by atoms with E-state index in [0.717, 1.165) is 34.1 Å². The topological polar surface area (TPSA) is 16.3 Å². The summed E-state index contributed by atoms with van der Waals surface area (Å²) in [4.78, 5) is 5.06. The molecular formula is C71H68N4. The van der Waals surface area contributed by atoms with Gasteiger partial charge in [0.25, 0.3) is 0 Å². The zero-order valence-corrected chi connectivity index (χ0v) is 45.8. The predicted molar refractivity (Wildman–Crippen MR) is 320 cm³/mol. The molecule has 372 valence electrons. The van der Waals surface area contributed by atoms with E-state index in [-0.39, 0.29) is 27.6 Å². The lowest BCUT2D eigenvalue weighted by atomic mass is 9.73. The van der Waals surface area contributed by atoms with Crippen molar-refractivity contribution < 1.29 is 0 Å². The zero-order valence-electron chi connectivity index (χ0n) is 45.8. The number of fused-ring (bicyclic) bond motifs is 10. The Balaban J connectivity index is 1.34. The Labute approximate surface area is 443 Å². The van der Waals surface area contributed by atoms with Crippen LogP contribution in [-0.4, -0.2) is 9.13 Å². The molecule has 0 unspecified atom stereocenters. The molecule has 0 atom stereocenters. The molecule has 0 aliphatic carbocycles. The molecular weight excluding hydrogens is 909 g/mol. The quantitative estimate of drug-likeness (QED) is 0.165. The van der Waals surface area contributed by atoms with Crippen molar-refractivity contribution in [1.82, 2.24) is 9.13 Å². The van der Waals surface area contributed by atoms with Crippen molar-refractivity contribution in [2.45, 2.75) is 111 Å². The predicted octanol–water partition coefficient (Wildman–Crippen LogP) is 19.8. The Bertz CT molecular complexity index is 3730. The fraction of sp³-hybridized carbons (Fsp3) is 0.239. The first-order chi connectivity index (χ1) is 35.8. The number of rotatable bonds is 6. The number of hydrogen-bond donors (Lipinski definition) is 0. The molecule has 11 aromatic rings. The van der Waals surface area contributed by atoms with Crippen molar-refractivity contribution in [2.75, 3.05) is 9.80 Å². The first-order valence-corrected chi connectivity index (χ1v) is 27.1. The standard InChI is InChI=1S/C71H68N4/c1-68(2,3)44-33-35-58-52(37-44)54-39-46(70(7,8)9)41-56-62-57-42-47(71(10,11)12)40-55-53-38-45(69(4,5)6)34-36-59(53)75(65(55)57)67-61(73(50-29-21-15-22-30-50)51-31-23-16-24-32-51)43-60(66(63(62)67)74(58)64(54)56)72(48-25-17-13-18-26-48)49-27-19-14-20-28-49/h13-43,62H,1-12H3. The molecule has 0 bridgehead atoms. The fourth-order valence-corrected chi connectivity index (χ4v) is 12.4. The monoisotopic (exact) mass is 977 g/mol. The molecule has 0 saturated heterocycles. The van der Waals surface area contributed by atoms with Crippen LogP contribution in [-0.2, 0) is 21.7 Å². The zero-order chi connectivity index (χ0) is 52.1. The summed E-state index contributed by atoms with van der Waals surface area (Å²) >= 11 is 0. The van der Waals surface area contributed by atoms with E-state index in [2.05, 4.69) is 290 Å². The largest absolute Gasteiger partial charge is 0.308 e. The van der Waals surface area contributed by atoms with Gasteiger partial charge in [-0.05, 0) is 146 Å². The Morgan fingerprint density at radius 1 is 0.320 bits per heavy atom. The summed E-state index contributed by atoms with van der Waals surface area (Å²) in [7, 11) is 0. The van der Waals surface area contributed by atoms with Gasteiger partial charge in [-0.25, -0.2) is 0 Å². The summed E-state index contributed by atoms with van der Waals surface area (Å²) in [5, 5.41) is 5.21. The van der Waals surface area contributed by atoms with Crippen molar-refractivity contribution in [3.8, 4) is 11.4 Å². The minimum absolute atomic E-state index is 0.0456. The highest BCUT2D eigenvalue weighted by molar-refractivity contribution is 6.17. The number of benzene rings is 9. The van der Waals surface area contributed by atoms with E-state index in [4.69, 9.17) is 0 Å². The van der Waals surface area contributed by atoms with Gasteiger partial charge in [-0.3, -0.25) is 0 Å². The summed E-state index contributed by atoms with van der Waals surface area (Å²) in [5.41, 5.74) is 23.1. The molecule has 4 heteroatoms. The van der Waals surface area contributed by atoms with Gasteiger partial charge in [0.2, 0.25) is 0 Å². The molecule has 0 radical (unpaired) electrons. The Morgan fingerprint density at radius 2 is 0.627 bits per heavy atom. The van der Waals surface area contributed by atoms with Crippen LogP contribution in [0.15, 0.2) is 188 Å². The molecule has 0 spiro atoms. The first kappa shape index (κ1) is 46.9. The van der Waals surface area contributed by atoms with Crippen molar-refractivity contribution in [1.29, 1.82) is 0 Å². The Hall–Kier alpha value is -7.82. The molecule has 2 aromatic heterocycles. The molecule has 9 aromatic carbocycles. The average Bonchev–Trinajstić information content (AvgIpc) is 4.12. The van der Waals surface area contributed by atoms with Crippen molar-refractivity contribution in [3.63, 3.8) is 0 Å². The second-order valence-electron chi connectivity index (χ2n) is 25.5. The molecule has 0 N–H and O–H groups in total. The molecule has 4 nitrogen and oxygen atoms in total. The molecule has 0 amide bonds. The van der Waals surface area contributed by atoms with E-state index in [0.29, 0.717) is 0 Å². The fourth-order valence-electron chi connectivity index (χ4n) is 12.4. The molecule has 13 rings (SSSR count). The van der Waals surface area contributed by atoms with Crippen LogP contribution in [0.3, 0.4) is 0 Å². The summed E-state index contributed by atoms with van der Waals surface area (Å²) in [6.07, 6.45) is 0. The Morgan fingerprint density at radius 3 is 0.933 bits per heavy atom. The summed E-state index contributed by atoms with van der Waals surface area (Å²) in [5.74, 6) is -0.136. The minimum atomic E-state index is -0.136. The van der Waals surface area contributed by atoms with Crippen LogP contribution in [0.4, 0.5) is 34.1 Å². The third kappa shape index (κ3) is 7.23. The van der Waals surface area contributed by atoms with Gasteiger partial charge < -0.3 is 18.9 Å². The van der Waals surface area contributed by atoms with E-state index >= 15 is 0 Å². The van der Waals surface area contributed by atoms with Crippen LogP contribution >= 0.6 is 0 Å². The van der Waals surface area contributed by atoms with Gasteiger partial charge >= 0.3 is 0 Å². The molecule has 0 fully saturated rings. The van der Waals surface area contributed by atoms with Gasteiger partial charge in [-0.1, -0.05) is 180 Å². The van der Waals surface area contributed by atoms with Crippen LogP contribution < -0.4 is 9.80 Å². The van der Waals surface area contributed by atoms with Crippen LogP contribution in [0, 0.1) is 0 Å². The molecule has 2 aliphatic heterocycles. The van der Waals surface area contributed by atoms with Crippen molar-refractivity contribution in [3.05, 3.63) is 227 Å². The third-order valence-electron chi connectivity index (χ3n) is 16.4. The maximum Gasteiger partial charge on any atom is 0.0767 e. The summed E-state index contributed by atoms with van der Waals surface area (Å²) < 4.78 is 5.39. The second kappa shape index (κ2) is 16.3. The van der Waals surface area contributed by atoms with Gasteiger partial charge in [-0.2, -0.15) is 0 Å². The maximum absolute atomic E-state index is 2.70. The van der Waals surface area contributed by atoms with Crippen molar-refractivity contribution >= 4 is 77.7 Å². The lowest BCUT2D eigenvalue weighted by Crippen LogP contribution is -2.27. The van der Waals surface area contributed by atoms with Gasteiger partial charge in [0.15, 0.2) is 0 Å². The normalized spacial score (nSPS) is 13.5. The average molecular weight is 977 g/mol. The Kier molecular flexibility index (Phi) is 10.2. The minimum Gasteiger partial charge on any atom is -0.308 e. The van der Waals surface area contributed by atoms with E-state index in [1.165, 1.54) is 93.9 Å². The van der Waals surface area contributed by atoms with Crippen LogP contribution in [0.2, 0.25) is 0 Å². The second-order valence-corrected chi connectivity index (χ2v) is 25.5. The maximum atomic E-state index is 2.70. The number of para-hydroxylation sites is 4. The molecule has 75 heavy (non-hydrogen) atoms. The van der Waals surface area contributed by atoms with Crippen molar-refractivity contribution in [2.24, 2.45) is 0 Å². The highest BCUT2D eigenvalue weighted by atomic mass is 15.2. The molecule has 4 heterocycles. The van der Waals surface area contributed by atoms with Gasteiger partial charge in [0.1, 0.15) is 0 Å². The summed E-state index contributed by atoms with van der Waals surface area (Å²) in [6.45, 7) is 28.4. The molecule has 2 aliphatic rings. The number of hydrogen-bond acceptors (Lipinski definition) is 2.